The molecule has 7 nitrogen and oxygen atoms in total. The number of sulfonamides is 1. The van der Waals surface area contributed by atoms with Crippen LogP contribution in [0.1, 0.15) is 12.5 Å². The molecule has 0 unspecified atom stereocenters. The van der Waals surface area contributed by atoms with Crippen molar-refractivity contribution >= 4 is 33.2 Å². The van der Waals surface area contributed by atoms with E-state index in [1.165, 1.54) is 13.0 Å². The molecular weight excluding hydrogens is 416 g/mol. The van der Waals surface area contributed by atoms with Gasteiger partial charge >= 0.3 is 0 Å². The fraction of sp³-hybridized carbons (Fsp3) is 0.350. The number of methoxy groups -OCH3 is 1. The van der Waals surface area contributed by atoms with Crippen LogP contribution in [0.4, 0.5) is 5.69 Å². The number of nitrogens with zero attached hydrogens (tertiary/aromatic N) is 1. The van der Waals surface area contributed by atoms with E-state index in [4.69, 9.17) is 21.1 Å². The predicted octanol–water partition coefficient (Wildman–Crippen LogP) is 3.01. The lowest BCUT2D eigenvalue weighted by Gasteiger charge is -2.29. The van der Waals surface area contributed by atoms with Crippen molar-refractivity contribution in [2.75, 3.05) is 30.8 Å². The number of ether oxygens (including phenoxy) is 2. The lowest BCUT2D eigenvalue weighted by atomic mass is 10.2. The molecule has 0 heterocycles. The number of carbonyl (C=O) groups excluding carboxylic acids is 1. The van der Waals surface area contributed by atoms with E-state index in [1.54, 1.807) is 50.4 Å². The SMILES string of the molecule is COc1cccc(OCCNC(=O)[C@@H](C)N(c2cc(Cl)ccc2C)S(C)(=O)=O)c1. The van der Waals surface area contributed by atoms with Crippen LogP contribution < -0.4 is 19.1 Å². The number of rotatable bonds is 9. The van der Waals surface area contributed by atoms with Crippen molar-refractivity contribution in [2.45, 2.75) is 19.9 Å². The van der Waals surface area contributed by atoms with Crippen LogP contribution in [-0.2, 0) is 14.8 Å². The molecule has 0 saturated heterocycles. The van der Waals surface area contributed by atoms with Crippen molar-refractivity contribution in [3.05, 3.63) is 53.1 Å². The van der Waals surface area contributed by atoms with Crippen LogP contribution in [-0.4, -0.2) is 46.9 Å². The molecule has 2 aromatic carbocycles. The average molecular weight is 441 g/mol. The molecule has 0 radical (unpaired) electrons. The third-order valence-corrected chi connectivity index (χ3v) is 5.67. The molecule has 2 rings (SSSR count). The van der Waals surface area contributed by atoms with Crippen LogP contribution in [0.5, 0.6) is 11.5 Å². The number of nitrogens with one attached hydrogen (secondary N) is 1. The van der Waals surface area contributed by atoms with Gasteiger partial charge in [0.05, 0.1) is 25.6 Å². The van der Waals surface area contributed by atoms with Gasteiger partial charge in [0.15, 0.2) is 0 Å². The average Bonchev–Trinajstić information content (AvgIpc) is 2.67. The second-order valence-electron chi connectivity index (χ2n) is 6.48. The van der Waals surface area contributed by atoms with E-state index < -0.39 is 22.0 Å². The Morgan fingerprint density at radius 3 is 2.55 bits per heavy atom. The van der Waals surface area contributed by atoms with Gasteiger partial charge in [0.1, 0.15) is 24.1 Å². The Bertz CT molecular complexity index is 965. The van der Waals surface area contributed by atoms with Gasteiger partial charge in [0.2, 0.25) is 15.9 Å². The van der Waals surface area contributed by atoms with E-state index in [1.807, 2.05) is 0 Å². The van der Waals surface area contributed by atoms with Gasteiger partial charge in [0, 0.05) is 11.1 Å². The van der Waals surface area contributed by atoms with Crippen molar-refractivity contribution in [3.8, 4) is 11.5 Å². The van der Waals surface area contributed by atoms with Gasteiger partial charge in [-0.1, -0.05) is 23.7 Å². The molecule has 2 aromatic rings. The van der Waals surface area contributed by atoms with Gasteiger partial charge in [-0.3, -0.25) is 9.10 Å². The minimum atomic E-state index is -3.71. The first-order chi connectivity index (χ1) is 13.6. The Morgan fingerprint density at radius 2 is 1.90 bits per heavy atom. The predicted molar refractivity (Wildman–Crippen MR) is 114 cm³/mol. The summed E-state index contributed by atoms with van der Waals surface area (Å²) >= 11 is 6.03. The second-order valence-corrected chi connectivity index (χ2v) is 8.78. The first-order valence-electron chi connectivity index (χ1n) is 8.93. The van der Waals surface area contributed by atoms with E-state index >= 15 is 0 Å². The topological polar surface area (TPSA) is 84.9 Å². The summed E-state index contributed by atoms with van der Waals surface area (Å²) in [5.74, 6) is 0.837. The van der Waals surface area contributed by atoms with Gasteiger partial charge in [-0.25, -0.2) is 8.42 Å². The van der Waals surface area contributed by atoms with Crippen molar-refractivity contribution in [2.24, 2.45) is 0 Å². The Hall–Kier alpha value is -2.45. The number of amides is 1. The van der Waals surface area contributed by atoms with Crippen LogP contribution in [0, 0.1) is 6.92 Å². The molecule has 9 heteroatoms. The second kappa shape index (κ2) is 9.84. The van der Waals surface area contributed by atoms with Gasteiger partial charge in [-0.2, -0.15) is 0 Å². The molecule has 0 saturated carbocycles. The Balaban J connectivity index is 2.03. The largest absolute Gasteiger partial charge is 0.497 e. The van der Waals surface area contributed by atoms with Crippen molar-refractivity contribution in [1.82, 2.24) is 5.32 Å². The number of anilines is 1. The fourth-order valence-corrected chi connectivity index (χ4v) is 4.17. The molecule has 1 N–H and O–H groups in total. The highest BCUT2D eigenvalue weighted by atomic mass is 35.5. The molecule has 1 amide bonds. The Labute approximate surface area is 176 Å². The molecule has 0 fully saturated rings. The van der Waals surface area contributed by atoms with E-state index in [-0.39, 0.29) is 13.2 Å². The van der Waals surface area contributed by atoms with Crippen molar-refractivity contribution in [1.29, 1.82) is 0 Å². The summed E-state index contributed by atoms with van der Waals surface area (Å²) in [6, 6.07) is 11.1. The molecule has 0 aromatic heterocycles. The smallest absolute Gasteiger partial charge is 0.243 e. The maximum absolute atomic E-state index is 12.6. The number of hydrogen-bond donors (Lipinski definition) is 1. The van der Waals surface area contributed by atoms with E-state index in [0.717, 1.165) is 10.6 Å². The number of carbonyl (C=O) groups is 1. The van der Waals surface area contributed by atoms with Crippen LogP contribution in [0.3, 0.4) is 0 Å². The molecule has 1 atom stereocenters. The summed E-state index contributed by atoms with van der Waals surface area (Å²) in [5.41, 5.74) is 1.07. The standard InChI is InChI=1S/C20H25ClN2O5S/c1-14-8-9-16(21)12-19(14)23(29(4,25)26)15(2)20(24)22-10-11-28-18-7-5-6-17(13-18)27-3/h5-9,12-13,15H,10-11H2,1-4H3,(H,22,24)/t15-/m1/s1. The highest BCUT2D eigenvalue weighted by molar-refractivity contribution is 7.92. The minimum Gasteiger partial charge on any atom is -0.497 e. The van der Waals surface area contributed by atoms with E-state index in [9.17, 15) is 13.2 Å². The van der Waals surface area contributed by atoms with Crippen molar-refractivity contribution in [3.63, 3.8) is 0 Å². The number of benzene rings is 2. The maximum atomic E-state index is 12.6. The zero-order chi connectivity index (χ0) is 21.6. The van der Waals surface area contributed by atoms with Crippen LogP contribution in [0.15, 0.2) is 42.5 Å². The first kappa shape index (κ1) is 22.8. The molecule has 0 aliphatic heterocycles. The lowest BCUT2D eigenvalue weighted by Crippen LogP contribution is -2.48. The monoisotopic (exact) mass is 440 g/mol. The minimum absolute atomic E-state index is 0.215. The van der Waals surface area contributed by atoms with Crippen LogP contribution in [0.25, 0.3) is 0 Å². The fourth-order valence-electron chi connectivity index (χ4n) is 2.78. The number of halogens is 1. The van der Waals surface area contributed by atoms with E-state index in [0.29, 0.717) is 27.8 Å². The number of hydrogen-bond acceptors (Lipinski definition) is 5. The molecule has 0 bridgehead atoms. The summed E-state index contributed by atoms with van der Waals surface area (Å²) in [4.78, 5) is 12.6. The van der Waals surface area contributed by atoms with Gasteiger partial charge in [-0.05, 0) is 43.7 Å². The molecular formula is C20H25ClN2O5S. The van der Waals surface area contributed by atoms with Gasteiger partial charge in [0.25, 0.3) is 0 Å². The van der Waals surface area contributed by atoms with Crippen LogP contribution in [0.2, 0.25) is 5.02 Å². The van der Waals surface area contributed by atoms with Crippen molar-refractivity contribution < 1.29 is 22.7 Å². The zero-order valence-corrected chi connectivity index (χ0v) is 18.4. The summed E-state index contributed by atoms with van der Waals surface area (Å²) < 4.78 is 36.6. The molecule has 0 spiro atoms. The number of aryl methyl sites for hydroxylation is 1. The van der Waals surface area contributed by atoms with Gasteiger partial charge in [-0.15, -0.1) is 0 Å². The summed E-state index contributed by atoms with van der Waals surface area (Å²) in [5, 5.41) is 3.09. The zero-order valence-electron chi connectivity index (χ0n) is 16.8. The summed E-state index contributed by atoms with van der Waals surface area (Å²) in [7, 11) is -2.15. The first-order valence-corrected chi connectivity index (χ1v) is 11.2. The normalized spacial score (nSPS) is 12.2. The molecule has 0 aliphatic carbocycles. The maximum Gasteiger partial charge on any atom is 0.243 e. The highest BCUT2D eigenvalue weighted by Gasteiger charge is 2.30. The Morgan fingerprint density at radius 1 is 1.21 bits per heavy atom. The third kappa shape index (κ3) is 6.27. The van der Waals surface area contributed by atoms with E-state index in [2.05, 4.69) is 5.32 Å². The lowest BCUT2D eigenvalue weighted by molar-refractivity contribution is -0.121. The summed E-state index contributed by atoms with van der Waals surface area (Å²) in [6.07, 6.45) is 1.06. The quantitative estimate of drug-likeness (QED) is 0.606. The van der Waals surface area contributed by atoms with Crippen LogP contribution >= 0.6 is 11.6 Å². The molecule has 0 aliphatic rings. The highest BCUT2D eigenvalue weighted by Crippen LogP contribution is 2.28. The summed E-state index contributed by atoms with van der Waals surface area (Å²) in [6.45, 7) is 3.73. The van der Waals surface area contributed by atoms with Gasteiger partial charge < -0.3 is 14.8 Å². The third-order valence-electron chi connectivity index (χ3n) is 4.21. The molecule has 158 valence electrons. The molecule has 29 heavy (non-hydrogen) atoms. The Kier molecular flexibility index (Phi) is 7.75.